The Labute approximate surface area is 134 Å². The van der Waals surface area contributed by atoms with Gasteiger partial charge in [-0.05, 0) is 50.4 Å². The molecule has 1 aromatic carbocycles. The van der Waals surface area contributed by atoms with Crippen LogP contribution in [0.25, 0.3) is 0 Å². The summed E-state index contributed by atoms with van der Waals surface area (Å²) >= 11 is 5.76. The first-order valence-electron chi connectivity index (χ1n) is 7.04. The number of nitro benzene ring substituents is 1. The Morgan fingerprint density at radius 1 is 1.45 bits per heavy atom. The molecule has 0 aliphatic carbocycles. The number of piperidine rings is 1. The minimum Gasteiger partial charge on any atom is -0.316 e. The molecule has 1 fully saturated rings. The Morgan fingerprint density at radius 2 is 2.23 bits per heavy atom. The summed E-state index contributed by atoms with van der Waals surface area (Å²) in [6.07, 6.45) is 2.84. The number of rotatable bonds is 6. The SMILES string of the molecule is O=[N+]([O-])c1ccc(Cl)cc1S(=O)(=O)NCCC1CCCNC1. The number of nitro groups is 1. The molecule has 0 bridgehead atoms. The maximum atomic E-state index is 12.3. The van der Waals surface area contributed by atoms with Gasteiger partial charge in [0.05, 0.1) is 4.92 Å². The normalized spacial score (nSPS) is 19.0. The van der Waals surface area contributed by atoms with Crippen LogP contribution in [-0.2, 0) is 10.0 Å². The van der Waals surface area contributed by atoms with E-state index in [9.17, 15) is 18.5 Å². The number of hydrogen-bond acceptors (Lipinski definition) is 5. The molecule has 0 saturated carbocycles. The zero-order valence-corrected chi connectivity index (χ0v) is 13.5. The van der Waals surface area contributed by atoms with Crippen molar-refractivity contribution in [2.24, 2.45) is 5.92 Å². The molecular formula is C13H18ClN3O4S. The highest BCUT2D eigenvalue weighted by atomic mass is 35.5. The number of nitrogens with one attached hydrogen (secondary N) is 2. The lowest BCUT2D eigenvalue weighted by atomic mass is 9.96. The van der Waals surface area contributed by atoms with Crippen molar-refractivity contribution in [1.82, 2.24) is 10.0 Å². The predicted molar refractivity (Wildman–Crippen MR) is 83.5 cm³/mol. The van der Waals surface area contributed by atoms with E-state index in [1.807, 2.05) is 0 Å². The Hall–Kier alpha value is -1.22. The maximum absolute atomic E-state index is 12.3. The molecule has 9 heteroatoms. The summed E-state index contributed by atoms with van der Waals surface area (Å²) < 4.78 is 26.9. The average molecular weight is 348 g/mol. The first-order valence-corrected chi connectivity index (χ1v) is 8.90. The third-order valence-corrected chi connectivity index (χ3v) is 5.38. The second kappa shape index (κ2) is 7.36. The summed E-state index contributed by atoms with van der Waals surface area (Å²) in [6.45, 7) is 2.12. The van der Waals surface area contributed by atoms with Gasteiger partial charge in [0.15, 0.2) is 4.90 Å². The van der Waals surface area contributed by atoms with Gasteiger partial charge < -0.3 is 5.32 Å². The molecule has 1 aliphatic rings. The molecule has 0 spiro atoms. The molecule has 122 valence electrons. The number of benzene rings is 1. The van der Waals surface area contributed by atoms with Gasteiger partial charge in [-0.3, -0.25) is 10.1 Å². The van der Waals surface area contributed by atoms with Crippen molar-refractivity contribution in [2.75, 3.05) is 19.6 Å². The topological polar surface area (TPSA) is 101 Å². The van der Waals surface area contributed by atoms with Crippen LogP contribution in [0.1, 0.15) is 19.3 Å². The van der Waals surface area contributed by atoms with E-state index in [1.54, 1.807) is 0 Å². The Kier molecular flexibility index (Phi) is 5.74. The van der Waals surface area contributed by atoms with Gasteiger partial charge >= 0.3 is 0 Å². The fourth-order valence-corrected chi connectivity index (χ4v) is 3.98. The quantitative estimate of drug-likeness (QED) is 0.604. The van der Waals surface area contributed by atoms with Gasteiger partial charge in [0.25, 0.3) is 5.69 Å². The number of halogens is 1. The molecule has 0 aromatic heterocycles. The zero-order valence-electron chi connectivity index (χ0n) is 11.9. The zero-order chi connectivity index (χ0) is 16.2. The molecule has 0 radical (unpaired) electrons. The highest BCUT2D eigenvalue weighted by Crippen LogP contribution is 2.27. The van der Waals surface area contributed by atoms with Gasteiger partial charge in [0, 0.05) is 17.6 Å². The van der Waals surface area contributed by atoms with E-state index in [1.165, 1.54) is 6.07 Å². The molecule has 1 aliphatic heterocycles. The van der Waals surface area contributed by atoms with E-state index in [4.69, 9.17) is 11.6 Å². The van der Waals surface area contributed by atoms with E-state index >= 15 is 0 Å². The molecule has 1 atom stereocenters. The first kappa shape index (κ1) is 17.1. The molecule has 7 nitrogen and oxygen atoms in total. The third-order valence-electron chi connectivity index (χ3n) is 3.65. The minimum absolute atomic E-state index is 0.141. The van der Waals surface area contributed by atoms with Crippen molar-refractivity contribution in [3.63, 3.8) is 0 Å². The van der Waals surface area contributed by atoms with Crippen LogP contribution in [0, 0.1) is 16.0 Å². The van der Waals surface area contributed by atoms with Gasteiger partial charge in [0.2, 0.25) is 10.0 Å². The van der Waals surface area contributed by atoms with Crippen molar-refractivity contribution >= 4 is 27.3 Å². The fourth-order valence-electron chi connectivity index (χ4n) is 2.50. The Morgan fingerprint density at radius 3 is 2.86 bits per heavy atom. The van der Waals surface area contributed by atoms with Gasteiger partial charge in [-0.1, -0.05) is 11.6 Å². The first-order chi connectivity index (χ1) is 10.4. The van der Waals surface area contributed by atoms with Crippen LogP contribution in [0.3, 0.4) is 0 Å². The van der Waals surface area contributed by atoms with Crippen LogP contribution in [0.4, 0.5) is 5.69 Å². The molecule has 0 amide bonds. The average Bonchev–Trinajstić information content (AvgIpc) is 2.47. The molecule has 22 heavy (non-hydrogen) atoms. The van der Waals surface area contributed by atoms with E-state index in [2.05, 4.69) is 10.0 Å². The van der Waals surface area contributed by atoms with E-state index in [0.29, 0.717) is 12.3 Å². The summed E-state index contributed by atoms with van der Waals surface area (Å²) in [5.41, 5.74) is -0.476. The molecule has 1 unspecified atom stereocenters. The van der Waals surface area contributed by atoms with E-state index < -0.39 is 25.5 Å². The molecule has 1 saturated heterocycles. The van der Waals surface area contributed by atoms with Crippen LogP contribution < -0.4 is 10.0 Å². The number of nitrogens with zero attached hydrogens (tertiary/aromatic N) is 1. The summed E-state index contributed by atoms with van der Waals surface area (Å²) in [6, 6.07) is 3.50. The standard InChI is InChI=1S/C13H18ClN3O4S/c14-11-3-4-12(17(18)19)13(8-11)22(20,21)16-7-5-10-2-1-6-15-9-10/h3-4,8,10,15-16H,1-2,5-7,9H2. The highest BCUT2D eigenvalue weighted by molar-refractivity contribution is 7.89. The smallest absolute Gasteiger partial charge is 0.289 e. The summed E-state index contributed by atoms with van der Waals surface area (Å²) in [7, 11) is -3.96. The van der Waals surface area contributed by atoms with Crippen LogP contribution >= 0.6 is 11.6 Å². The number of sulfonamides is 1. The third kappa shape index (κ3) is 4.39. The monoisotopic (exact) mass is 347 g/mol. The summed E-state index contributed by atoms with van der Waals surface area (Å²) in [4.78, 5) is 9.84. The van der Waals surface area contributed by atoms with Gasteiger partial charge in [0.1, 0.15) is 0 Å². The predicted octanol–water partition coefficient (Wildman–Crippen LogP) is 1.92. The Balaban J connectivity index is 2.06. The molecule has 1 aromatic rings. The van der Waals surface area contributed by atoms with Crippen LogP contribution in [-0.4, -0.2) is 33.0 Å². The number of hydrogen-bond donors (Lipinski definition) is 2. The highest BCUT2D eigenvalue weighted by Gasteiger charge is 2.26. The lowest BCUT2D eigenvalue weighted by molar-refractivity contribution is -0.387. The lowest BCUT2D eigenvalue weighted by Gasteiger charge is -2.22. The van der Waals surface area contributed by atoms with Crippen molar-refractivity contribution in [1.29, 1.82) is 0 Å². The van der Waals surface area contributed by atoms with Crippen molar-refractivity contribution in [3.8, 4) is 0 Å². The lowest BCUT2D eigenvalue weighted by Crippen LogP contribution is -2.33. The van der Waals surface area contributed by atoms with Gasteiger partial charge in [-0.2, -0.15) is 0 Å². The largest absolute Gasteiger partial charge is 0.316 e. The van der Waals surface area contributed by atoms with E-state index in [-0.39, 0.29) is 11.6 Å². The second-order valence-electron chi connectivity index (χ2n) is 5.27. The van der Waals surface area contributed by atoms with E-state index in [0.717, 1.165) is 38.1 Å². The minimum atomic E-state index is -3.96. The van der Waals surface area contributed by atoms with Crippen molar-refractivity contribution in [3.05, 3.63) is 33.3 Å². The second-order valence-corrected chi connectivity index (χ2v) is 7.44. The Bertz CT molecular complexity index is 645. The molecule has 2 rings (SSSR count). The van der Waals surface area contributed by atoms with Crippen LogP contribution in [0.2, 0.25) is 5.02 Å². The molecule has 1 heterocycles. The maximum Gasteiger partial charge on any atom is 0.289 e. The molecule has 2 N–H and O–H groups in total. The summed E-state index contributed by atoms with van der Waals surface area (Å²) in [5.74, 6) is 0.422. The van der Waals surface area contributed by atoms with Crippen LogP contribution in [0.5, 0.6) is 0 Å². The molecular weight excluding hydrogens is 330 g/mol. The van der Waals surface area contributed by atoms with Crippen molar-refractivity contribution < 1.29 is 13.3 Å². The van der Waals surface area contributed by atoms with Gasteiger partial charge in [-0.25, -0.2) is 13.1 Å². The van der Waals surface area contributed by atoms with Gasteiger partial charge in [-0.15, -0.1) is 0 Å². The van der Waals surface area contributed by atoms with Crippen LogP contribution in [0.15, 0.2) is 23.1 Å². The van der Waals surface area contributed by atoms with Crippen molar-refractivity contribution in [2.45, 2.75) is 24.2 Å². The summed E-state index contributed by atoms with van der Waals surface area (Å²) in [5, 5.41) is 14.4. The fraction of sp³-hybridized carbons (Fsp3) is 0.538.